The molecule has 2 heterocycles. The van der Waals surface area contributed by atoms with E-state index in [4.69, 9.17) is 4.52 Å². The second-order valence-electron chi connectivity index (χ2n) is 3.75. The van der Waals surface area contributed by atoms with Crippen LogP contribution in [-0.2, 0) is 0 Å². The van der Waals surface area contributed by atoms with E-state index in [1.165, 1.54) is 36.8 Å². The summed E-state index contributed by atoms with van der Waals surface area (Å²) >= 11 is 0. The quantitative estimate of drug-likeness (QED) is 0.717. The van der Waals surface area contributed by atoms with Crippen LogP contribution < -0.4 is 0 Å². The predicted octanol–water partition coefficient (Wildman–Crippen LogP) is 1.60. The first-order valence-electron chi connectivity index (χ1n) is 5.36. The molecule has 2 aromatic heterocycles. The lowest BCUT2D eigenvalue weighted by atomic mass is 10.2. The number of aromatic nitrogens is 4. The largest absolute Gasteiger partial charge is 0.508 e. The van der Waals surface area contributed by atoms with E-state index < -0.39 is 0 Å². The smallest absolute Gasteiger partial charge is 0.258 e. The van der Waals surface area contributed by atoms with Gasteiger partial charge in [-0.3, -0.25) is 4.98 Å². The molecule has 7 heteroatoms. The average molecular weight is 256 g/mol. The molecule has 2 N–H and O–H groups in total. The summed E-state index contributed by atoms with van der Waals surface area (Å²) in [7, 11) is 0. The number of benzene rings is 1. The summed E-state index contributed by atoms with van der Waals surface area (Å²) in [5.41, 5.74) is 0.891. The number of phenolic OH excluding ortho intramolecular Hbond substituents is 2. The van der Waals surface area contributed by atoms with Crippen LogP contribution in [0.2, 0.25) is 0 Å². The molecule has 3 aromatic rings. The molecule has 0 saturated heterocycles. The molecule has 0 aliphatic heterocycles. The van der Waals surface area contributed by atoms with Crippen LogP contribution in [0, 0.1) is 0 Å². The minimum atomic E-state index is -0.0887. The monoisotopic (exact) mass is 256 g/mol. The Labute approximate surface area is 107 Å². The third-order valence-electron chi connectivity index (χ3n) is 2.37. The summed E-state index contributed by atoms with van der Waals surface area (Å²) in [6.45, 7) is 0. The van der Waals surface area contributed by atoms with Crippen molar-refractivity contribution >= 4 is 0 Å². The van der Waals surface area contributed by atoms with Crippen LogP contribution in [0.1, 0.15) is 0 Å². The molecule has 0 saturated carbocycles. The van der Waals surface area contributed by atoms with Gasteiger partial charge in [0.15, 0.2) is 0 Å². The lowest BCUT2D eigenvalue weighted by Gasteiger charge is -1.97. The maximum Gasteiger partial charge on any atom is 0.258 e. The molecular formula is C12H8N4O3. The van der Waals surface area contributed by atoms with Gasteiger partial charge in [-0.1, -0.05) is 5.16 Å². The van der Waals surface area contributed by atoms with Gasteiger partial charge < -0.3 is 14.7 Å². The molecule has 0 atom stereocenters. The number of rotatable bonds is 2. The van der Waals surface area contributed by atoms with Crippen molar-refractivity contribution in [2.75, 3.05) is 0 Å². The summed E-state index contributed by atoms with van der Waals surface area (Å²) in [5, 5.41) is 22.6. The molecule has 94 valence electrons. The summed E-state index contributed by atoms with van der Waals surface area (Å²) in [6, 6.07) is 4.03. The van der Waals surface area contributed by atoms with Crippen molar-refractivity contribution in [3.05, 3.63) is 36.8 Å². The minimum Gasteiger partial charge on any atom is -0.508 e. The van der Waals surface area contributed by atoms with Gasteiger partial charge in [-0.2, -0.15) is 4.98 Å². The van der Waals surface area contributed by atoms with Crippen LogP contribution in [0.15, 0.2) is 41.3 Å². The standard InChI is InChI=1S/C12H8N4O3/c17-8-3-7(4-9(18)5-8)12-15-11(16-19-12)10-6-13-1-2-14-10/h1-6,17-18H. The number of phenols is 2. The zero-order valence-corrected chi connectivity index (χ0v) is 9.56. The molecule has 0 fully saturated rings. The molecule has 0 amide bonds. The Kier molecular flexibility index (Phi) is 2.57. The molecule has 0 spiro atoms. The van der Waals surface area contributed by atoms with Crippen molar-refractivity contribution < 1.29 is 14.7 Å². The van der Waals surface area contributed by atoms with Gasteiger partial charge in [-0.05, 0) is 12.1 Å². The molecule has 0 radical (unpaired) electrons. The fourth-order valence-corrected chi connectivity index (χ4v) is 1.58. The molecule has 19 heavy (non-hydrogen) atoms. The van der Waals surface area contributed by atoms with Gasteiger partial charge in [0.05, 0.1) is 6.20 Å². The first kappa shape index (κ1) is 11.1. The van der Waals surface area contributed by atoms with E-state index in [1.807, 2.05) is 0 Å². The van der Waals surface area contributed by atoms with E-state index in [0.717, 1.165) is 0 Å². The first-order valence-corrected chi connectivity index (χ1v) is 5.36. The lowest BCUT2D eigenvalue weighted by Crippen LogP contribution is -1.86. The van der Waals surface area contributed by atoms with Gasteiger partial charge in [-0.25, -0.2) is 4.98 Å². The van der Waals surface area contributed by atoms with E-state index >= 15 is 0 Å². The Hall–Kier alpha value is -2.96. The molecule has 7 nitrogen and oxygen atoms in total. The number of hydrogen-bond acceptors (Lipinski definition) is 7. The Balaban J connectivity index is 2.02. The van der Waals surface area contributed by atoms with Crippen molar-refractivity contribution in [2.24, 2.45) is 0 Å². The van der Waals surface area contributed by atoms with Crippen LogP contribution in [-0.4, -0.2) is 30.3 Å². The zero-order chi connectivity index (χ0) is 13.2. The zero-order valence-electron chi connectivity index (χ0n) is 9.56. The fourth-order valence-electron chi connectivity index (χ4n) is 1.58. The normalized spacial score (nSPS) is 10.5. The van der Waals surface area contributed by atoms with E-state index in [2.05, 4.69) is 20.1 Å². The summed E-state index contributed by atoms with van der Waals surface area (Å²) < 4.78 is 5.06. The van der Waals surface area contributed by atoms with E-state index in [9.17, 15) is 10.2 Å². The van der Waals surface area contributed by atoms with Crippen LogP contribution in [0.4, 0.5) is 0 Å². The van der Waals surface area contributed by atoms with Gasteiger partial charge >= 0.3 is 0 Å². The topological polar surface area (TPSA) is 105 Å². The van der Waals surface area contributed by atoms with Crippen LogP contribution >= 0.6 is 0 Å². The van der Waals surface area contributed by atoms with Crippen molar-refractivity contribution in [1.82, 2.24) is 20.1 Å². The Morgan fingerprint density at radius 3 is 2.47 bits per heavy atom. The minimum absolute atomic E-state index is 0.0887. The Morgan fingerprint density at radius 2 is 1.79 bits per heavy atom. The number of hydrogen-bond donors (Lipinski definition) is 2. The second-order valence-corrected chi connectivity index (χ2v) is 3.75. The van der Waals surface area contributed by atoms with Crippen molar-refractivity contribution in [2.45, 2.75) is 0 Å². The highest BCUT2D eigenvalue weighted by atomic mass is 16.5. The SMILES string of the molecule is Oc1cc(O)cc(-c2nc(-c3cnccn3)no2)c1. The van der Waals surface area contributed by atoms with Crippen molar-refractivity contribution in [3.8, 4) is 34.5 Å². The molecule has 0 bridgehead atoms. The third-order valence-corrected chi connectivity index (χ3v) is 2.37. The molecule has 3 rings (SSSR count). The average Bonchev–Trinajstić information content (AvgIpc) is 2.88. The predicted molar refractivity (Wildman–Crippen MR) is 64.1 cm³/mol. The highest BCUT2D eigenvalue weighted by Crippen LogP contribution is 2.28. The molecule has 0 aliphatic rings. The maximum atomic E-state index is 9.41. The van der Waals surface area contributed by atoms with Crippen molar-refractivity contribution in [1.29, 1.82) is 0 Å². The van der Waals surface area contributed by atoms with E-state index in [1.54, 1.807) is 0 Å². The van der Waals surface area contributed by atoms with Gasteiger partial charge in [0, 0.05) is 24.0 Å². The lowest BCUT2D eigenvalue weighted by molar-refractivity contribution is 0.428. The fraction of sp³-hybridized carbons (Fsp3) is 0. The van der Waals surface area contributed by atoms with Gasteiger partial charge in [0.2, 0.25) is 5.82 Å². The number of aromatic hydroxyl groups is 2. The van der Waals surface area contributed by atoms with Crippen LogP contribution in [0.5, 0.6) is 11.5 Å². The third kappa shape index (κ3) is 2.21. The molecule has 1 aromatic carbocycles. The van der Waals surface area contributed by atoms with Gasteiger partial charge in [0.25, 0.3) is 5.89 Å². The molecule has 0 aliphatic carbocycles. The maximum absolute atomic E-state index is 9.41. The molecular weight excluding hydrogens is 248 g/mol. The first-order chi connectivity index (χ1) is 9.22. The van der Waals surface area contributed by atoms with Gasteiger partial charge in [-0.15, -0.1) is 0 Å². The second kappa shape index (κ2) is 4.37. The van der Waals surface area contributed by atoms with Crippen molar-refractivity contribution in [3.63, 3.8) is 0 Å². The summed E-state index contributed by atoms with van der Waals surface area (Å²) in [4.78, 5) is 12.1. The Morgan fingerprint density at radius 1 is 1.00 bits per heavy atom. The summed E-state index contributed by atoms with van der Waals surface area (Å²) in [5.74, 6) is 0.279. The Bertz CT molecular complexity index is 692. The van der Waals surface area contributed by atoms with E-state index in [-0.39, 0.29) is 23.2 Å². The van der Waals surface area contributed by atoms with Gasteiger partial charge in [0.1, 0.15) is 17.2 Å². The summed E-state index contributed by atoms with van der Waals surface area (Å²) in [6.07, 6.45) is 4.57. The highest BCUT2D eigenvalue weighted by Gasteiger charge is 2.13. The molecule has 0 unspecified atom stereocenters. The van der Waals surface area contributed by atoms with Crippen LogP contribution in [0.3, 0.4) is 0 Å². The van der Waals surface area contributed by atoms with Crippen LogP contribution in [0.25, 0.3) is 23.0 Å². The number of nitrogens with zero attached hydrogens (tertiary/aromatic N) is 4. The van der Waals surface area contributed by atoms with E-state index in [0.29, 0.717) is 11.3 Å². The highest BCUT2D eigenvalue weighted by molar-refractivity contribution is 5.61.